The van der Waals surface area contributed by atoms with Gasteiger partial charge in [0, 0.05) is 4.88 Å². The second-order valence-electron chi connectivity index (χ2n) is 2.83. The number of rotatable bonds is 2. The van der Waals surface area contributed by atoms with Crippen molar-refractivity contribution < 1.29 is 9.18 Å². The highest BCUT2D eigenvalue weighted by Crippen LogP contribution is 2.25. The van der Waals surface area contributed by atoms with Gasteiger partial charge in [0.2, 0.25) is 0 Å². The van der Waals surface area contributed by atoms with E-state index < -0.39 is 5.82 Å². The summed E-state index contributed by atoms with van der Waals surface area (Å²) in [7, 11) is 0. The maximum Gasteiger partial charge on any atom is 0.152 e. The summed E-state index contributed by atoms with van der Waals surface area (Å²) in [5.74, 6) is -0.467. The molecular formula is C11H7FOS. The number of carbonyl (C=O) groups is 1. The minimum Gasteiger partial charge on any atom is -0.298 e. The zero-order valence-corrected chi connectivity index (χ0v) is 8.05. The molecule has 1 nitrogen and oxygen atoms in total. The molecule has 0 amide bonds. The molecule has 0 spiro atoms. The van der Waals surface area contributed by atoms with E-state index >= 15 is 0 Å². The highest BCUT2D eigenvalue weighted by molar-refractivity contribution is 7.13. The van der Waals surface area contributed by atoms with Crippen molar-refractivity contribution in [1.29, 1.82) is 0 Å². The Bertz CT molecular complexity index is 448. The van der Waals surface area contributed by atoms with Crippen molar-refractivity contribution in [3.8, 4) is 10.4 Å². The van der Waals surface area contributed by atoms with Crippen LogP contribution in [0.25, 0.3) is 10.4 Å². The zero-order valence-electron chi connectivity index (χ0n) is 7.24. The predicted molar refractivity (Wildman–Crippen MR) is 55.1 cm³/mol. The summed E-state index contributed by atoms with van der Waals surface area (Å²) < 4.78 is 13.2. The number of benzene rings is 1. The van der Waals surface area contributed by atoms with Crippen molar-refractivity contribution in [1.82, 2.24) is 0 Å². The molecule has 0 saturated carbocycles. The smallest absolute Gasteiger partial charge is 0.152 e. The quantitative estimate of drug-likeness (QED) is 0.688. The van der Waals surface area contributed by atoms with Crippen LogP contribution >= 0.6 is 11.3 Å². The first-order valence-corrected chi connectivity index (χ1v) is 4.98. The Morgan fingerprint density at radius 1 is 1.29 bits per heavy atom. The highest BCUT2D eigenvalue weighted by Gasteiger charge is 2.04. The van der Waals surface area contributed by atoms with Crippen LogP contribution in [0, 0.1) is 5.82 Å². The Morgan fingerprint density at radius 3 is 2.71 bits per heavy atom. The van der Waals surface area contributed by atoms with Gasteiger partial charge in [0.25, 0.3) is 0 Å². The molecule has 1 aromatic carbocycles. The summed E-state index contributed by atoms with van der Waals surface area (Å²) in [4.78, 5) is 11.4. The van der Waals surface area contributed by atoms with Crippen molar-refractivity contribution in [3.63, 3.8) is 0 Å². The Balaban J connectivity index is 2.48. The van der Waals surface area contributed by atoms with Gasteiger partial charge in [-0.1, -0.05) is 12.1 Å². The lowest BCUT2D eigenvalue weighted by Crippen LogP contribution is -1.87. The Morgan fingerprint density at radius 2 is 2.14 bits per heavy atom. The molecule has 1 heterocycles. The lowest BCUT2D eigenvalue weighted by Gasteiger charge is -1.99. The molecule has 0 saturated heterocycles. The van der Waals surface area contributed by atoms with Crippen molar-refractivity contribution in [2.75, 3.05) is 0 Å². The van der Waals surface area contributed by atoms with Crippen LogP contribution in [0.5, 0.6) is 0 Å². The topological polar surface area (TPSA) is 17.1 Å². The molecule has 0 atom stereocenters. The summed E-state index contributed by atoms with van der Waals surface area (Å²) in [6.45, 7) is 0. The molecule has 0 unspecified atom stereocenters. The summed E-state index contributed by atoms with van der Waals surface area (Å²) in [6, 6.07) is 8.46. The van der Waals surface area contributed by atoms with Gasteiger partial charge in [-0.15, -0.1) is 11.3 Å². The Hall–Kier alpha value is -1.48. The van der Waals surface area contributed by atoms with Crippen molar-refractivity contribution >= 4 is 17.6 Å². The standard InChI is InChI=1S/C11H7FOS/c12-10-6-8(3-4-9(10)7-13)11-2-1-5-14-11/h1-7H. The van der Waals surface area contributed by atoms with Crippen molar-refractivity contribution in [2.45, 2.75) is 0 Å². The van der Waals surface area contributed by atoms with E-state index in [0.717, 1.165) is 10.4 Å². The lowest BCUT2D eigenvalue weighted by atomic mass is 10.1. The van der Waals surface area contributed by atoms with Crippen LogP contribution in [-0.4, -0.2) is 6.29 Å². The Labute approximate surface area is 84.8 Å². The van der Waals surface area contributed by atoms with Gasteiger partial charge in [0.1, 0.15) is 5.82 Å². The van der Waals surface area contributed by atoms with Crippen LogP contribution in [0.2, 0.25) is 0 Å². The first-order chi connectivity index (χ1) is 6.81. The second kappa shape index (κ2) is 3.72. The molecule has 14 heavy (non-hydrogen) atoms. The maximum absolute atomic E-state index is 13.2. The third kappa shape index (κ3) is 1.59. The van der Waals surface area contributed by atoms with Crippen LogP contribution in [0.3, 0.4) is 0 Å². The van der Waals surface area contributed by atoms with E-state index in [1.165, 1.54) is 12.1 Å². The molecule has 0 aliphatic heterocycles. The summed E-state index contributed by atoms with van der Waals surface area (Å²) in [6.07, 6.45) is 0.521. The van der Waals surface area contributed by atoms with E-state index in [0.29, 0.717) is 6.29 Å². The third-order valence-electron chi connectivity index (χ3n) is 1.93. The molecule has 3 heteroatoms. The van der Waals surface area contributed by atoms with Crippen LogP contribution in [0.1, 0.15) is 10.4 Å². The molecule has 0 aliphatic carbocycles. The monoisotopic (exact) mass is 206 g/mol. The largest absolute Gasteiger partial charge is 0.298 e. The van der Waals surface area contributed by atoms with Gasteiger partial charge in [-0.2, -0.15) is 0 Å². The highest BCUT2D eigenvalue weighted by atomic mass is 32.1. The first-order valence-electron chi connectivity index (χ1n) is 4.10. The van der Waals surface area contributed by atoms with Gasteiger partial charge in [0.15, 0.2) is 6.29 Å². The fourth-order valence-electron chi connectivity index (χ4n) is 1.22. The second-order valence-corrected chi connectivity index (χ2v) is 3.78. The maximum atomic E-state index is 13.2. The number of hydrogen-bond donors (Lipinski definition) is 0. The van der Waals surface area contributed by atoms with E-state index in [2.05, 4.69) is 0 Å². The SMILES string of the molecule is O=Cc1ccc(-c2cccs2)cc1F. The minimum absolute atomic E-state index is 0.102. The summed E-state index contributed by atoms with van der Waals surface area (Å²) >= 11 is 1.54. The van der Waals surface area contributed by atoms with Crippen LogP contribution in [0.15, 0.2) is 35.7 Å². The zero-order chi connectivity index (χ0) is 9.97. The van der Waals surface area contributed by atoms with Crippen LogP contribution in [-0.2, 0) is 0 Å². The molecule has 0 fully saturated rings. The van der Waals surface area contributed by atoms with E-state index in [9.17, 15) is 9.18 Å². The fraction of sp³-hybridized carbons (Fsp3) is 0. The fourth-order valence-corrected chi connectivity index (χ4v) is 1.94. The average Bonchev–Trinajstić information content (AvgIpc) is 2.70. The molecular weight excluding hydrogens is 199 g/mol. The average molecular weight is 206 g/mol. The number of aldehydes is 1. The molecule has 0 radical (unpaired) electrons. The van der Waals surface area contributed by atoms with Gasteiger partial charge in [-0.05, 0) is 29.1 Å². The number of hydrogen-bond acceptors (Lipinski definition) is 2. The summed E-state index contributed by atoms with van der Waals surface area (Å²) in [5, 5.41) is 1.93. The first kappa shape index (κ1) is 9.09. The predicted octanol–water partition coefficient (Wildman–Crippen LogP) is 3.37. The van der Waals surface area contributed by atoms with Gasteiger partial charge in [0.05, 0.1) is 5.56 Å². The van der Waals surface area contributed by atoms with E-state index in [1.807, 2.05) is 17.5 Å². The van der Waals surface area contributed by atoms with Crippen molar-refractivity contribution in [3.05, 3.63) is 47.1 Å². The minimum atomic E-state index is -0.467. The van der Waals surface area contributed by atoms with E-state index in [4.69, 9.17) is 0 Å². The molecule has 2 rings (SSSR count). The van der Waals surface area contributed by atoms with E-state index in [1.54, 1.807) is 17.4 Å². The molecule has 0 N–H and O–H groups in total. The summed E-state index contributed by atoms with van der Waals surface area (Å²) in [5.41, 5.74) is 0.911. The van der Waals surface area contributed by atoms with Crippen molar-refractivity contribution in [2.24, 2.45) is 0 Å². The number of carbonyl (C=O) groups excluding carboxylic acids is 1. The van der Waals surface area contributed by atoms with Gasteiger partial charge < -0.3 is 0 Å². The van der Waals surface area contributed by atoms with E-state index in [-0.39, 0.29) is 5.56 Å². The van der Waals surface area contributed by atoms with Gasteiger partial charge in [-0.25, -0.2) is 4.39 Å². The van der Waals surface area contributed by atoms with Crippen LogP contribution < -0.4 is 0 Å². The third-order valence-corrected chi connectivity index (χ3v) is 2.85. The molecule has 1 aromatic heterocycles. The number of halogens is 1. The van der Waals surface area contributed by atoms with Gasteiger partial charge >= 0.3 is 0 Å². The molecule has 70 valence electrons. The lowest BCUT2D eigenvalue weighted by molar-refractivity contribution is 0.112. The molecule has 0 bridgehead atoms. The van der Waals surface area contributed by atoms with Crippen LogP contribution in [0.4, 0.5) is 4.39 Å². The number of thiophene rings is 1. The molecule has 2 aromatic rings. The Kier molecular flexibility index (Phi) is 2.41. The van der Waals surface area contributed by atoms with Gasteiger partial charge in [-0.3, -0.25) is 4.79 Å². The normalized spacial score (nSPS) is 10.1. The molecule has 0 aliphatic rings.